The second-order valence-electron chi connectivity index (χ2n) is 9.82. The molecule has 2 fully saturated rings. The Morgan fingerprint density at radius 2 is 1.94 bits per heavy atom. The summed E-state index contributed by atoms with van der Waals surface area (Å²) in [5.41, 5.74) is 3.12. The van der Waals surface area contributed by atoms with Gasteiger partial charge in [0.05, 0.1) is 24.5 Å². The van der Waals surface area contributed by atoms with E-state index in [2.05, 4.69) is 15.2 Å². The van der Waals surface area contributed by atoms with Crippen LogP contribution in [0.1, 0.15) is 33.6 Å². The summed E-state index contributed by atoms with van der Waals surface area (Å²) in [6, 6.07) is 6.88. The second kappa shape index (κ2) is 10.2. The molecule has 0 spiro atoms. The van der Waals surface area contributed by atoms with Crippen LogP contribution in [0.4, 0.5) is 5.69 Å². The number of aliphatic hydroxyl groups excluding tert-OH is 2. The zero-order valence-electron chi connectivity index (χ0n) is 20.4. The van der Waals surface area contributed by atoms with Crippen LogP contribution in [0, 0.1) is 32.1 Å². The number of aromatic nitrogens is 1. The first kappa shape index (κ1) is 25.6. The van der Waals surface area contributed by atoms with Crippen molar-refractivity contribution in [3.05, 3.63) is 57.9 Å². The van der Waals surface area contributed by atoms with Crippen molar-refractivity contribution in [2.75, 3.05) is 44.7 Å². The number of nitrogens with one attached hydrogen (secondary N) is 1. The number of carbonyl (C=O) groups excluding carboxylic acids is 2. The number of amides is 2. The van der Waals surface area contributed by atoms with E-state index in [1.165, 1.54) is 0 Å². The lowest BCUT2D eigenvalue weighted by atomic mass is 9.76. The van der Waals surface area contributed by atoms with Crippen LogP contribution in [0.15, 0.2) is 30.5 Å². The molecule has 9 heteroatoms. The van der Waals surface area contributed by atoms with Gasteiger partial charge in [0.25, 0.3) is 5.91 Å². The van der Waals surface area contributed by atoms with Gasteiger partial charge in [-0.2, -0.15) is 0 Å². The van der Waals surface area contributed by atoms with E-state index in [0.29, 0.717) is 48.1 Å². The number of hydrogen-bond donors (Lipinski definition) is 3. The number of rotatable bonds is 7. The molecule has 0 bridgehead atoms. The minimum atomic E-state index is -0.630. The predicted octanol–water partition coefficient (Wildman–Crippen LogP) is 2.42. The number of aryl methyl sites for hydroxylation is 3. The van der Waals surface area contributed by atoms with Gasteiger partial charge < -0.3 is 20.4 Å². The quantitative estimate of drug-likeness (QED) is 0.539. The average Bonchev–Trinajstić information content (AvgIpc) is 3.32. The van der Waals surface area contributed by atoms with Gasteiger partial charge in [0.15, 0.2) is 0 Å². The van der Waals surface area contributed by atoms with Gasteiger partial charge in [0.2, 0.25) is 5.91 Å². The third-order valence-corrected chi connectivity index (χ3v) is 8.10. The lowest BCUT2D eigenvalue weighted by Crippen LogP contribution is -2.49. The van der Waals surface area contributed by atoms with Crippen LogP contribution >= 0.6 is 11.6 Å². The Morgan fingerprint density at radius 3 is 2.60 bits per heavy atom. The normalized spacial score (nSPS) is 24.0. The van der Waals surface area contributed by atoms with Crippen molar-refractivity contribution in [2.45, 2.75) is 33.2 Å². The van der Waals surface area contributed by atoms with Crippen LogP contribution in [-0.2, 0) is 4.79 Å². The molecule has 3 unspecified atom stereocenters. The molecular weight excluding hydrogens is 468 g/mol. The molecule has 3 N–H and O–H groups in total. The van der Waals surface area contributed by atoms with Crippen molar-refractivity contribution in [1.82, 2.24) is 14.8 Å². The van der Waals surface area contributed by atoms with E-state index >= 15 is 0 Å². The first-order valence-electron chi connectivity index (χ1n) is 11.9. The van der Waals surface area contributed by atoms with Crippen molar-refractivity contribution in [3.8, 4) is 0 Å². The summed E-state index contributed by atoms with van der Waals surface area (Å²) in [5, 5.41) is 24.2. The third-order valence-electron chi connectivity index (χ3n) is 7.70. The standard InChI is InChI=1S/C26H33ClN4O4/c1-16-4-5-20(10-21(16)27)29-23(34)7-9-30-11-19-12-31(14-26(19,15-33)22(30)13-32)25(35)24-17(2)6-8-28-18(24)3/h4-6,8,10,19,22,32-33H,7,9,11-15H2,1-3H3,(H,29,34). The monoisotopic (exact) mass is 500 g/mol. The van der Waals surface area contributed by atoms with Gasteiger partial charge in [-0.05, 0) is 50.1 Å². The van der Waals surface area contributed by atoms with Gasteiger partial charge in [0, 0.05) is 66.9 Å². The summed E-state index contributed by atoms with van der Waals surface area (Å²) in [6.07, 6.45) is 1.94. The molecule has 2 aliphatic heterocycles. The van der Waals surface area contributed by atoms with Crippen LogP contribution in [0.25, 0.3) is 0 Å². The fourth-order valence-corrected chi connectivity index (χ4v) is 5.87. The highest BCUT2D eigenvalue weighted by molar-refractivity contribution is 6.31. The summed E-state index contributed by atoms with van der Waals surface area (Å²) in [4.78, 5) is 34.1. The van der Waals surface area contributed by atoms with E-state index in [9.17, 15) is 19.8 Å². The van der Waals surface area contributed by atoms with Gasteiger partial charge in [-0.25, -0.2) is 0 Å². The van der Waals surface area contributed by atoms with E-state index in [4.69, 9.17) is 11.6 Å². The molecule has 1 aromatic carbocycles. The first-order chi connectivity index (χ1) is 16.7. The molecule has 2 saturated heterocycles. The summed E-state index contributed by atoms with van der Waals surface area (Å²) in [6.45, 7) is 7.24. The Hall–Kier alpha value is -2.52. The number of aliphatic hydroxyl groups is 2. The zero-order valence-corrected chi connectivity index (χ0v) is 21.2. The zero-order chi connectivity index (χ0) is 25.3. The van der Waals surface area contributed by atoms with E-state index in [-0.39, 0.29) is 43.4 Å². The van der Waals surface area contributed by atoms with Gasteiger partial charge in [0.1, 0.15) is 0 Å². The molecule has 2 aromatic rings. The van der Waals surface area contributed by atoms with Crippen LogP contribution < -0.4 is 5.32 Å². The Labute approximate surface area is 210 Å². The SMILES string of the molecule is Cc1ccc(NC(=O)CCN2CC3CN(C(=O)c4c(C)ccnc4C)CC3(CO)C2CO)cc1Cl. The second-order valence-corrected chi connectivity index (χ2v) is 10.2. The maximum Gasteiger partial charge on any atom is 0.255 e. The molecule has 0 radical (unpaired) electrons. The van der Waals surface area contributed by atoms with Gasteiger partial charge in [-0.15, -0.1) is 0 Å². The largest absolute Gasteiger partial charge is 0.396 e. The summed E-state index contributed by atoms with van der Waals surface area (Å²) < 4.78 is 0. The van der Waals surface area contributed by atoms with Crippen molar-refractivity contribution >= 4 is 29.1 Å². The highest BCUT2D eigenvalue weighted by Crippen LogP contribution is 2.47. The molecule has 3 heterocycles. The molecular formula is C26H33ClN4O4. The number of nitrogens with zero attached hydrogens (tertiary/aromatic N) is 3. The van der Waals surface area contributed by atoms with Crippen LogP contribution in [0.2, 0.25) is 5.02 Å². The van der Waals surface area contributed by atoms with Crippen LogP contribution in [0.5, 0.6) is 0 Å². The first-order valence-corrected chi connectivity index (χ1v) is 12.3. The third kappa shape index (κ3) is 4.80. The lowest BCUT2D eigenvalue weighted by Gasteiger charge is -2.35. The Balaban J connectivity index is 1.42. The van der Waals surface area contributed by atoms with Gasteiger partial charge >= 0.3 is 0 Å². The van der Waals surface area contributed by atoms with Gasteiger partial charge in [-0.1, -0.05) is 17.7 Å². The fraction of sp³-hybridized carbons (Fsp3) is 0.500. The summed E-state index contributed by atoms with van der Waals surface area (Å²) in [7, 11) is 0. The van der Waals surface area contributed by atoms with Gasteiger partial charge in [-0.3, -0.25) is 19.5 Å². The Morgan fingerprint density at radius 1 is 1.17 bits per heavy atom. The molecule has 1 aromatic heterocycles. The van der Waals surface area contributed by atoms with Crippen molar-refractivity contribution in [3.63, 3.8) is 0 Å². The van der Waals surface area contributed by atoms with Crippen molar-refractivity contribution in [1.29, 1.82) is 0 Å². The molecule has 2 aliphatic rings. The predicted molar refractivity (Wildman–Crippen MR) is 135 cm³/mol. The van der Waals surface area contributed by atoms with E-state index in [1.54, 1.807) is 17.2 Å². The number of hydrogen-bond acceptors (Lipinski definition) is 6. The minimum Gasteiger partial charge on any atom is -0.396 e. The molecule has 8 nitrogen and oxygen atoms in total. The minimum absolute atomic E-state index is 0.00449. The number of halogens is 1. The van der Waals surface area contributed by atoms with Crippen molar-refractivity contribution in [2.24, 2.45) is 11.3 Å². The van der Waals surface area contributed by atoms with Crippen LogP contribution in [0.3, 0.4) is 0 Å². The van der Waals surface area contributed by atoms with E-state index < -0.39 is 5.41 Å². The van der Waals surface area contributed by atoms with E-state index in [1.807, 2.05) is 39.0 Å². The number of likely N-dealkylation sites (tertiary alicyclic amines) is 2. The molecule has 0 saturated carbocycles. The number of carbonyl (C=O) groups is 2. The molecule has 3 atom stereocenters. The molecule has 4 rings (SSSR count). The maximum atomic E-state index is 13.4. The Bertz CT molecular complexity index is 1110. The number of anilines is 1. The number of pyridine rings is 1. The van der Waals surface area contributed by atoms with Crippen LogP contribution in [-0.4, -0.2) is 82.2 Å². The fourth-order valence-electron chi connectivity index (χ4n) is 5.69. The molecule has 0 aliphatic carbocycles. The number of fused-ring (bicyclic) bond motifs is 1. The number of benzene rings is 1. The Kier molecular flexibility index (Phi) is 7.47. The maximum absolute atomic E-state index is 13.4. The lowest BCUT2D eigenvalue weighted by molar-refractivity contribution is -0.116. The average molecular weight is 501 g/mol. The van der Waals surface area contributed by atoms with E-state index in [0.717, 1.165) is 11.1 Å². The smallest absolute Gasteiger partial charge is 0.255 e. The highest BCUT2D eigenvalue weighted by atomic mass is 35.5. The summed E-state index contributed by atoms with van der Waals surface area (Å²) in [5.74, 6) is -0.226. The molecule has 2 amide bonds. The van der Waals surface area contributed by atoms with Crippen molar-refractivity contribution < 1.29 is 19.8 Å². The topological polar surface area (TPSA) is 106 Å². The highest BCUT2D eigenvalue weighted by Gasteiger charge is 2.58. The molecule has 35 heavy (non-hydrogen) atoms. The molecule has 188 valence electrons. The summed E-state index contributed by atoms with van der Waals surface area (Å²) >= 11 is 6.15.